The van der Waals surface area contributed by atoms with E-state index < -0.39 is 0 Å². The predicted octanol–water partition coefficient (Wildman–Crippen LogP) is 1.83. The number of rotatable bonds is 4. The molecule has 20 heavy (non-hydrogen) atoms. The Labute approximate surface area is 122 Å². The second kappa shape index (κ2) is 5.86. The zero-order valence-corrected chi connectivity index (χ0v) is 13.1. The Balaban J connectivity index is 1.61. The summed E-state index contributed by atoms with van der Waals surface area (Å²) in [6.07, 6.45) is 6.34. The number of aryl methyl sites for hydroxylation is 1. The fourth-order valence-electron chi connectivity index (χ4n) is 4.29. The molecule has 0 unspecified atom stereocenters. The summed E-state index contributed by atoms with van der Waals surface area (Å²) < 4.78 is 1.91. The fraction of sp³-hybridized carbons (Fsp3) is 0.812. The van der Waals surface area contributed by atoms with Crippen LogP contribution in [0.3, 0.4) is 0 Å². The van der Waals surface area contributed by atoms with E-state index in [1.807, 2.05) is 17.9 Å². The molecule has 1 aromatic heterocycles. The average Bonchev–Trinajstić information content (AvgIpc) is 2.96. The largest absolute Gasteiger partial charge is 0.309 e. The summed E-state index contributed by atoms with van der Waals surface area (Å²) in [7, 11) is 6.43. The van der Waals surface area contributed by atoms with E-state index in [9.17, 15) is 0 Å². The van der Waals surface area contributed by atoms with Gasteiger partial charge in [-0.05, 0) is 50.8 Å². The van der Waals surface area contributed by atoms with Crippen LogP contribution in [-0.4, -0.2) is 53.3 Å². The van der Waals surface area contributed by atoms with E-state index in [1.165, 1.54) is 44.6 Å². The Kier molecular flexibility index (Phi) is 4.13. The monoisotopic (exact) mass is 276 g/mol. The molecule has 2 aliphatic rings. The molecule has 112 valence electrons. The lowest BCUT2D eigenvalue weighted by molar-refractivity contribution is 0.158. The maximum atomic E-state index is 4.53. The van der Waals surface area contributed by atoms with Crippen LogP contribution in [-0.2, 0) is 13.6 Å². The van der Waals surface area contributed by atoms with Crippen LogP contribution in [0.1, 0.15) is 25.0 Å². The molecule has 0 spiro atoms. The van der Waals surface area contributed by atoms with Crippen molar-refractivity contribution >= 4 is 0 Å². The van der Waals surface area contributed by atoms with Gasteiger partial charge in [-0.25, -0.2) is 0 Å². The normalized spacial score (nSPS) is 30.9. The van der Waals surface area contributed by atoms with Gasteiger partial charge >= 0.3 is 0 Å². The van der Waals surface area contributed by atoms with Gasteiger partial charge < -0.3 is 4.90 Å². The maximum Gasteiger partial charge on any atom is 0.0764 e. The lowest BCUT2D eigenvalue weighted by atomic mass is 9.74. The van der Waals surface area contributed by atoms with Gasteiger partial charge in [-0.15, -0.1) is 0 Å². The summed E-state index contributed by atoms with van der Waals surface area (Å²) in [5, 5.41) is 4.53. The van der Waals surface area contributed by atoms with Crippen LogP contribution in [0.25, 0.3) is 0 Å². The Morgan fingerprint density at radius 3 is 2.85 bits per heavy atom. The lowest BCUT2D eigenvalue weighted by Gasteiger charge is -2.34. The van der Waals surface area contributed by atoms with Gasteiger partial charge in [-0.2, -0.15) is 5.10 Å². The fourth-order valence-corrected chi connectivity index (χ4v) is 4.29. The van der Waals surface area contributed by atoms with Gasteiger partial charge in [0.2, 0.25) is 0 Å². The van der Waals surface area contributed by atoms with E-state index in [0.29, 0.717) is 0 Å². The van der Waals surface area contributed by atoms with Crippen LogP contribution in [0, 0.1) is 17.8 Å². The van der Waals surface area contributed by atoms with Gasteiger partial charge in [-0.1, -0.05) is 6.42 Å². The van der Waals surface area contributed by atoms with Gasteiger partial charge in [0.05, 0.1) is 5.69 Å². The third-order valence-corrected chi connectivity index (χ3v) is 5.08. The zero-order valence-electron chi connectivity index (χ0n) is 13.1. The molecule has 0 bridgehead atoms. The number of hydrogen-bond donors (Lipinski definition) is 0. The highest BCUT2D eigenvalue weighted by Gasteiger charge is 2.40. The molecule has 0 radical (unpaired) electrons. The summed E-state index contributed by atoms with van der Waals surface area (Å²) in [5.41, 5.74) is 1.22. The Morgan fingerprint density at radius 1 is 1.30 bits per heavy atom. The first-order valence-electron chi connectivity index (χ1n) is 7.97. The van der Waals surface area contributed by atoms with E-state index in [2.05, 4.69) is 35.1 Å². The minimum Gasteiger partial charge on any atom is -0.309 e. The van der Waals surface area contributed by atoms with Gasteiger partial charge in [0.25, 0.3) is 0 Å². The van der Waals surface area contributed by atoms with Crippen LogP contribution in [0.15, 0.2) is 12.3 Å². The molecule has 0 amide bonds. The minimum absolute atomic E-state index is 0.900. The van der Waals surface area contributed by atoms with Crippen molar-refractivity contribution in [3.8, 4) is 0 Å². The number of aromatic nitrogens is 2. The SMILES string of the molecule is CN(C)C[C@@H]1CCC[C@@H]2CN(Cc3ccn(C)n3)C[C@@H]21. The molecular weight excluding hydrogens is 248 g/mol. The highest BCUT2D eigenvalue weighted by molar-refractivity contribution is 5.01. The average molecular weight is 276 g/mol. The van der Waals surface area contributed by atoms with Crippen LogP contribution >= 0.6 is 0 Å². The molecule has 4 nitrogen and oxygen atoms in total. The third kappa shape index (κ3) is 3.07. The molecule has 0 aromatic carbocycles. The van der Waals surface area contributed by atoms with E-state index >= 15 is 0 Å². The number of nitrogens with zero attached hydrogens (tertiary/aromatic N) is 4. The first kappa shape index (κ1) is 14.1. The molecule has 2 heterocycles. The Bertz CT molecular complexity index is 439. The van der Waals surface area contributed by atoms with Gasteiger partial charge in [0.1, 0.15) is 0 Å². The first-order chi connectivity index (χ1) is 9.61. The molecule has 2 fully saturated rings. The second-order valence-corrected chi connectivity index (χ2v) is 7.05. The minimum atomic E-state index is 0.900. The van der Waals surface area contributed by atoms with Gasteiger partial charge in [0.15, 0.2) is 0 Å². The van der Waals surface area contributed by atoms with E-state index in [1.54, 1.807) is 0 Å². The van der Waals surface area contributed by atoms with Crippen molar-refractivity contribution in [1.29, 1.82) is 0 Å². The maximum absolute atomic E-state index is 4.53. The Hall–Kier alpha value is -0.870. The van der Waals surface area contributed by atoms with Crippen molar-refractivity contribution < 1.29 is 0 Å². The first-order valence-corrected chi connectivity index (χ1v) is 7.97. The second-order valence-electron chi connectivity index (χ2n) is 7.05. The zero-order chi connectivity index (χ0) is 14.1. The standard InChI is InChI=1S/C16H28N4/c1-18(2)9-13-5-4-6-14-10-20(12-16(13)14)11-15-7-8-19(3)17-15/h7-8,13-14,16H,4-6,9-12H2,1-3H3/t13-,14+,16+/m0/s1. The third-order valence-electron chi connectivity index (χ3n) is 5.08. The predicted molar refractivity (Wildman–Crippen MR) is 81.4 cm³/mol. The molecular formula is C16H28N4. The van der Waals surface area contributed by atoms with Crippen molar-refractivity contribution in [2.75, 3.05) is 33.7 Å². The van der Waals surface area contributed by atoms with E-state index in [4.69, 9.17) is 0 Å². The topological polar surface area (TPSA) is 24.3 Å². The molecule has 4 heteroatoms. The summed E-state index contributed by atoms with van der Waals surface area (Å²) in [6.45, 7) is 4.85. The summed E-state index contributed by atoms with van der Waals surface area (Å²) in [5.74, 6) is 2.74. The Morgan fingerprint density at radius 2 is 2.15 bits per heavy atom. The highest BCUT2D eigenvalue weighted by Crippen LogP contribution is 2.40. The highest BCUT2D eigenvalue weighted by atomic mass is 15.3. The number of hydrogen-bond acceptors (Lipinski definition) is 3. The van der Waals surface area contributed by atoms with Crippen molar-refractivity contribution in [2.45, 2.75) is 25.8 Å². The van der Waals surface area contributed by atoms with Crippen LogP contribution < -0.4 is 0 Å². The van der Waals surface area contributed by atoms with Crippen LogP contribution in [0.4, 0.5) is 0 Å². The molecule has 1 aliphatic carbocycles. The molecule has 1 saturated heterocycles. The van der Waals surface area contributed by atoms with Crippen molar-refractivity contribution in [1.82, 2.24) is 19.6 Å². The molecule has 1 aromatic rings. The van der Waals surface area contributed by atoms with E-state index in [-0.39, 0.29) is 0 Å². The van der Waals surface area contributed by atoms with Gasteiger partial charge in [0, 0.05) is 39.4 Å². The number of fused-ring (bicyclic) bond motifs is 1. The quantitative estimate of drug-likeness (QED) is 0.838. The lowest BCUT2D eigenvalue weighted by Crippen LogP contribution is -2.34. The summed E-state index contributed by atoms with van der Waals surface area (Å²) >= 11 is 0. The van der Waals surface area contributed by atoms with Gasteiger partial charge in [-0.3, -0.25) is 9.58 Å². The van der Waals surface area contributed by atoms with Crippen LogP contribution in [0.2, 0.25) is 0 Å². The molecule has 1 saturated carbocycles. The molecule has 3 atom stereocenters. The van der Waals surface area contributed by atoms with Crippen molar-refractivity contribution in [3.05, 3.63) is 18.0 Å². The van der Waals surface area contributed by atoms with Crippen LogP contribution in [0.5, 0.6) is 0 Å². The van der Waals surface area contributed by atoms with Crippen molar-refractivity contribution in [2.24, 2.45) is 24.8 Å². The molecule has 0 N–H and O–H groups in total. The summed E-state index contributed by atoms with van der Waals surface area (Å²) in [6, 6.07) is 2.15. The van der Waals surface area contributed by atoms with Crippen molar-refractivity contribution in [3.63, 3.8) is 0 Å². The smallest absolute Gasteiger partial charge is 0.0764 e. The number of likely N-dealkylation sites (tertiary alicyclic amines) is 1. The molecule has 1 aliphatic heterocycles. The van der Waals surface area contributed by atoms with E-state index in [0.717, 1.165) is 24.3 Å². The summed E-state index contributed by atoms with van der Waals surface area (Å²) in [4.78, 5) is 5.00. The molecule has 3 rings (SSSR count).